The Bertz CT molecular complexity index is 1030. The van der Waals surface area contributed by atoms with Gasteiger partial charge in [0.15, 0.2) is 5.78 Å². The highest BCUT2D eigenvalue weighted by atomic mass is 35.5. The maximum Gasteiger partial charge on any atom is 0.179 e. The normalized spacial score (nSPS) is 10.8. The van der Waals surface area contributed by atoms with E-state index in [0.29, 0.717) is 27.5 Å². The summed E-state index contributed by atoms with van der Waals surface area (Å²) in [6.45, 7) is 2.25. The predicted octanol–water partition coefficient (Wildman–Crippen LogP) is 5.54. The van der Waals surface area contributed by atoms with Gasteiger partial charge in [-0.3, -0.25) is 4.79 Å². The Morgan fingerprint density at radius 3 is 2.72 bits per heavy atom. The Labute approximate surface area is 154 Å². The molecule has 0 saturated heterocycles. The molecule has 126 valence electrons. The molecule has 0 spiro atoms. The molecule has 0 aliphatic carbocycles. The quantitative estimate of drug-likeness (QED) is 0.562. The fourth-order valence-electron chi connectivity index (χ4n) is 2.91. The first kappa shape index (κ1) is 17.5. The van der Waals surface area contributed by atoms with Crippen molar-refractivity contribution in [3.8, 4) is 6.07 Å². The molecular weight excluding hydrogens is 362 g/mol. The van der Waals surface area contributed by atoms with Gasteiger partial charge in [0.1, 0.15) is 5.82 Å². The van der Waals surface area contributed by atoms with Crippen molar-refractivity contribution < 1.29 is 9.18 Å². The molecule has 6 heteroatoms. The van der Waals surface area contributed by atoms with E-state index in [1.807, 2.05) is 29.8 Å². The van der Waals surface area contributed by atoms with Crippen molar-refractivity contribution in [1.29, 1.82) is 5.26 Å². The van der Waals surface area contributed by atoms with Gasteiger partial charge in [-0.25, -0.2) is 4.39 Å². The van der Waals surface area contributed by atoms with Crippen LogP contribution in [0.5, 0.6) is 0 Å². The minimum Gasteiger partial charge on any atom is -0.342 e. The molecule has 0 saturated carbocycles. The van der Waals surface area contributed by atoms with Crippen LogP contribution in [0.25, 0.3) is 10.9 Å². The Morgan fingerprint density at radius 2 is 2.04 bits per heavy atom. The summed E-state index contributed by atoms with van der Waals surface area (Å²) in [7, 11) is 0. The average Bonchev–Trinajstić information content (AvgIpc) is 2.85. The monoisotopic (exact) mass is 374 g/mol. The number of hydrogen-bond donors (Lipinski definition) is 0. The summed E-state index contributed by atoms with van der Waals surface area (Å²) in [5.74, 6) is -0.910. The van der Waals surface area contributed by atoms with E-state index in [4.69, 9.17) is 28.5 Å². The van der Waals surface area contributed by atoms with Gasteiger partial charge in [-0.15, -0.1) is 0 Å². The van der Waals surface area contributed by atoms with Gasteiger partial charge in [-0.05, 0) is 42.3 Å². The summed E-state index contributed by atoms with van der Waals surface area (Å²) >= 11 is 12.2. The number of fused-ring (bicyclic) bond motifs is 1. The Morgan fingerprint density at radius 1 is 1.28 bits per heavy atom. The minimum atomic E-state index is -0.501. The van der Waals surface area contributed by atoms with Crippen LogP contribution in [0.4, 0.5) is 4.39 Å². The largest absolute Gasteiger partial charge is 0.342 e. The summed E-state index contributed by atoms with van der Waals surface area (Å²) in [6, 6.07) is 9.60. The maximum absolute atomic E-state index is 13.9. The molecule has 2 aromatic carbocycles. The summed E-state index contributed by atoms with van der Waals surface area (Å²) < 4.78 is 15.8. The molecule has 0 bridgehead atoms. The topological polar surface area (TPSA) is 45.8 Å². The van der Waals surface area contributed by atoms with Crippen LogP contribution in [0.1, 0.15) is 27.9 Å². The van der Waals surface area contributed by atoms with Crippen LogP contribution in [0.3, 0.4) is 0 Å². The minimum absolute atomic E-state index is 0.203. The third-order valence-electron chi connectivity index (χ3n) is 4.03. The molecule has 25 heavy (non-hydrogen) atoms. The van der Waals surface area contributed by atoms with Crippen LogP contribution in [0.15, 0.2) is 36.5 Å². The molecule has 0 aliphatic heterocycles. The van der Waals surface area contributed by atoms with Crippen LogP contribution in [0, 0.1) is 24.1 Å². The van der Waals surface area contributed by atoms with E-state index in [1.54, 1.807) is 12.1 Å². The molecule has 0 fully saturated rings. The number of hydrogen-bond acceptors (Lipinski definition) is 2. The van der Waals surface area contributed by atoms with Crippen LogP contribution >= 0.6 is 23.2 Å². The van der Waals surface area contributed by atoms with Gasteiger partial charge >= 0.3 is 0 Å². The number of benzene rings is 2. The molecule has 0 aliphatic rings. The Hall–Kier alpha value is -2.35. The fourth-order valence-corrected chi connectivity index (χ4v) is 3.38. The van der Waals surface area contributed by atoms with Gasteiger partial charge in [-0.1, -0.05) is 29.3 Å². The van der Waals surface area contributed by atoms with Crippen LogP contribution in [-0.2, 0) is 6.54 Å². The lowest BCUT2D eigenvalue weighted by Gasteiger charge is -2.11. The highest BCUT2D eigenvalue weighted by Gasteiger charge is 2.18. The first-order chi connectivity index (χ1) is 11.9. The van der Waals surface area contributed by atoms with E-state index >= 15 is 0 Å². The summed E-state index contributed by atoms with van der Waals surface area (Å²) in [6.07, 6.45) is 1.54. The van der Waals surface area contributed by atoms with Gasteiger partial charge in [0, 0.05) is 33.7 Å². The van der Waals surface area contributed by atoms with Gasteiger partial charge in [-0.2, -0.15) is 5.26 Å². The van der Waals surface area contributed by atoms with E-state index in [2.05, 4.69) is 0 Å². The van der Waals surface area contributed by atoms with E-state index in [0.717, 1.165) is 11.1 Å². The van der Waals surface area contributed by atoms with Crippen molar-refractivity contribution in [1.82, 2.24) is 4.57 Å². The zero-order valence-corrected chi connectivity index (χ0v) is 14.8. The third kappa shape index (κ3) is 3.39. The van der Waals surface area contributed by atoms with Gasteiger partial charge < -0.3 is 4.57 Å². The van der Waals surface area contributed by atoms with Gasteiger partial charge in [0.25, 0.3) is 0 Å². The standard InChI is InChI=1S/C19H13Cl2FN2O/c1-11-9-24(10-12-2-3-13(20)6-17(12)21)19-15(11)7-14(22)8-16(19)18(25)4-5-23/h2-3,6-9H,4,10H2,1H3. The zero-order valence-electron chi connectivity index (χ0n) is 13.3. The maximum atomic E-state index is 13.9. The van der Waals surface area contributed by atoms with Crippen LogP contribution < -0.4 is 0 Å². The lowest BCUT2D eigenvalue weighted by molar-refractivity contribution is 0.0998. The predicted molar refractivity (Wildman–Crippen MR) is 96.8 cm³/mol. The second-order valence-electron chi connectivity index (χ2n) is 5.78. The molecule has 0 unspecified atom stereocenters. The molecule has 0 amide bonds. The number of ketones is 1. The fraction of sp³-hybridized carbons (Fsp3) is 0.158. The SMILES string of the molecule is Cc1cn(Cc2ccc(Cl)cc2Cl)c2c(C(=O)CC#N)cc(F)cc12. The molecule has 3 nitrogen and oxygen atoms in total. The molecule has 0 N–H and O–H groups in total. The molecule has 3 aromatic rings. The van der Waals surface area contributed by atoms with Crippen molar-refractivity contribution in [3.05, 3.63) is 69.1 Å². The van der Waals surface area contributed by atoms with E-state index < -0.39 is 11.6 Å². The Kier molecular flexibility index (Phi) is 4.80. The number of carbonyl (C=O) groups excluding carboxylic acids is 1. The second kappa shape index (κ2) is 6.87. The highest BCUT2D eigenvalue weighted by molar-refractivity contribution is 6.35. The van der Waals surface area contributed by atoms with Crippen molar-refractivity contribution in [2.75, 3.05) is 0 Å². The zero-order chi connectivity index (χ0) is 18.1. The number of Topliss-reactive ketones (excluding diaryl/α,β-unsaturated/α-hetero) is 1. The van der Waals surface area contributed by atoms with Crippen LogP contribution in [0.2, 0.25) is 10.0 Å². The molecule has 3 rings (SSSR count). The molecule has 1 heterocycles. The molecule has 0 atom stereocenters. The highest BCUT2D eigenvalue weighted by Crippen LogP contribution is 2.29. The summed E-state index contributed by atoms with van der Waals surface area (Å²) in [4.78, 5) is 12.3. The first-order valence-corrected chi connectivity index (χ1v) is 8.29. The second-order valence-corrected chi connectivity index (χ2v) is 6.63. The summed E-state index contributed by atoms with van der Waals surface area (Å²) in [5.41, 5.74) is 2.47. The van der Waals surface area contributed by atoms with Gasteiger partial charge in [0.05, 0.1) is 18.0 Å². The van der Waals surface area contributed by atoms with Crippen molar-refractivity contribution in [3.63, 3.8) is 0 Å². The van der Waals surface area contributed by atoms with E-state index in [9.17, 15) is 9.18 Å². The van der Waals surface area contributed by atoms with Crippen molar-refractivity contribution >= 4 is 39.9 Å². The number of nitriles is 1. The third-order valence-corrected chi connectivity index (χ3v) is 4.62. The number of aryl methyl sites for hydroxylation is 1. The van der Waals surface area contributed by atoms with E-state index in [1.165, 1.54) is 12.1 Å². The van der Waals surface area contributed by atoms with Crippen molar-refractivity contribution in [2.45, 2.75) is 19.9 Å². The lowest BCUT2D eigenvalue weighted by atomic mass is 10.0. The number of halogens is 3. The molecular formula is C19H13Cl2FN2O. The van der Waals surface area contributed by atoms with Crippen molar-refractivity contribution in [2.24, 2.45) is 0 Å². The number of aromatic nitrogens is 1. The summed E-state index contributed by atoms with van der Waals surface area (Å²) in [5, 5.41) is 10.5. The number of rotatable bonds is 4. The lowest BCUT2D eigenvalue weighted by Crippen LogP contribution is -2.05. The number of carbonyl (C=O) groups is 1. The molecule has 0 radical (unpaired) electrons. The first-order valence-electron chi connectivity index (χ1n) is 7.53. The van der Waals surface area contributed by atoms with E-state index in [-0.39, 0.29) is 12.0 Å². The smallest absolute Gasteiger partial charge is 0.179 e. The van der Waals surface area contributed by atoms with Gasteiger partial charge in [0.2, 0.25) is 0 Å². The molecule has 1 aromatic heterocycles. The number of nitrogens with zero attached hydrogens (tertiary/aromatic N) is 2. The van der Waals surface area contributed by atoms with Crippen LogP contribution in [-0.4, -0.2) is 10.4 Å². The average molecular weight is 375 g/mol. The Balaban J connectivity index is 2.18.